The smallest absolute Gasteiger partial charge is 0.128 e. The Balaban J connectivity index is 1.67. The van der Waals surface area contributed by atoms with Crippen LogP contribution in [0.4, 0.5) is 0 Å². The van der Waals surface area contributed by atoms with E-state index in [2.05, 4.69) is 29.0 Å². The molecule has 0 saturated carbocycles. The van der Waals surface area contributed by atoms with Crippen LogP contribution in [0.25, 0.3) is 10.9 Å². The maximum atomic E-state index is 5.67. The second-order valence-corrected chi connectivity index (χ2v) is 5.18. The van der Waals surface area contributed by atoms with Crippen LogP contribution in [-0.2, 0) is 11.3 Å². The minimum Gasteiger partial charge on any atom is -0.496 e. The van der Waals surface area contributed by atoms with E-state index in [-0.39, 0.29) is 0 Å². The van der Waals surface area contributed by atoms with Crippen LogP contribution < -0.4 is 4.74 Å². The number of benzene rings is 1. The molecule has 0 spiro atoms. The highest BCUT2D eigenvalue weighted by molar-refractivity contribution is 5.86. The molecular formula is C16H21NO2. The van der Waals surface area contributed by atoms with Gasteiger partial charge in [0.25, 0.3) is 0 Å². The molecule has 0 N–H and O–H groups in total. The van der Waals surface area contributed by atoms with E-state index >= 15 is 0 Å². The molecule has 2 aromatic rings. The fourth-order valence-electron chi connectivity index (χ4n) is 2.93. The van der Waals surface area contributed by atoms with Gasteiger partial charge in [-0.15, -0.1) is 0 Å². The summed E-state index contributed by atoms with van der Waals surface area (Å²) in [6, 6.07) is 8.36. The monoisotopic (exact) mass is 259 g/mol. The first-order valence-corrected chi connectivity index (χ1v) is 7.12. The molecule has 1 saturated heterocycles. The maximum absolute atomic E-state index is 5.67. The molecule has 1 aromatic carbocycles. The van der Waals surface area contributed by atoms with Crippen LogP contribution >= 0.6 is 0 Å². The molecule has 1 aromatic heterocycles. The molecule has 102 valence electrons. The minimum absolute atomic E-state index is 0.497. The summed E-state index contributed by atoms with van der Waals surface area (Å²) < 4.78 is 13.4. The van der Waals surface area contributed by atoms with Crippen LogP contribution in [0.15, 0.2) is 30.5 Å². The summed E-state index contributed by atoms with van der Waals surface area (Å²) in [5, 5.41) is 1.20. The van der Waals surface area contributed by atoms with E-state index in [0.29, 0.717) is 6.10 Å². The number of hydrogen-bond acceptors (Lipinski definition) is 2. The highest BCUT2D eigenvalue weighted by Gasteiger charge is 2.14. The lowest BCUT2D eigenvalue weighted by molar-refractivity contribution is 0.101. The summed E-state index contributed by atoms with van der Waals surface area (Å²) in [6.07, 6.45) is 7.46. The SMILES string of the molecule is COc1cccc2c1ccn2CCCC1CCCO1. The molecule has 1 aliphatic rings. The molecule has 3 nitrogen and oxygen atoms in total. The van der Waals surface area contributed by atoms with Crippen LogP contribution in [0.1, 0.15) is 25.7 Å². The van der Waals surface area contributed by atoms with E-state index in [1.54, 1.807) is 7.11 Å². The standard InChI is InChI=1S/C16H21NO2/c1-18-16-8-2-7-15-14(16)9-11-17(15)10-3-5-13-6-4-12-19-13/h2,7-9,11,13H,3-6,10,12H2,1H3. The summed E-state index contributed by atoms with van der Waals surface area (Å²) in [5.41, 5.74) is 1.26. The van der Waals surface area contributed by atoms with Gasteiger partial charge >= 0.3 is 0 Å². The summed E-state index contributed by atoms with van der Waals surface area (Å²) in [6.45, 7) is 2.00. The highest BCUT2D eigenvalue weighted by Crippen LogP contribution is 2.26. The summed E-state index contributed by atoms with van der Waals surface area (Å²) in [4.78, 5) is 0. The average molecular weight is 259 g/mol. The van der Waals surface area contributed by atoms with Crippen LogP contribution in [0.2, 0.25) is 0 Å². The first-order valence-electron chi connectivity index (χ1n) is 7.12. The molecule has 0 bridgehead atoms. The number of aromatic nitrogens is 1. The van der Waals surface area contributed by atoms with Crippen molar-refractivity contribution in [2.45, 2.75) is 38.3 Å². The Morgan fingerprint density at radius 2 is 2.32 bits per heavy atom. The molecular weight excluding hydrogens is 238 g/mol. The largest absolute Gasteiger partial charge is 0.496 e. The Morgan fingerprint density at radius 3 is 3.11 bits per heavy atom. The van der Waals surface area contributed by atoms with Crippen molar-refractivity contribution in [3.8, 4) is 5.75 Å². The van der Waals surface area contributed by atoms with E-state index in [9.17, 15) is 0 Å². The van der Waals surface area contributed by atoms with Crippen molar-refractivity contribution < 1.29 is 9.47 Å². The van der Waals surface area contributed by atoms with Gasteiger partial charge in [-0.1, -0.05) is 6.07 Å². The van der Waals surface area contributed by atoms with Crippen LogP contribution in [0.5, 0.6) is 5.75 Å². The third-order valence-electron chi connectivity index (χ3n) is 3.94. The Hall–Kier alpha value is -1.48. The zero-order valence-corrected chi connectivity index (χ0v) is 11.5. The quantitative estimate of drug-likeness (QED) is 0.819. The molecule has 3 heteroatoms. The van der Waals surface area contributed by atoms with Crippen molar-refractivity contribution in [2.75, 3.05) is 13.7 Å². The van der Waals surface area contributed by atoms with Gasteiger partial charge in [0.2, 0.25) is 0 Å². The van der Waals surface area contributed by atoms with Gasteiger partial charge in [0, 0.05) is 24.7 Å². The Bertz CT molecular complexity index is 541. The number of methoxy groups -OCH3 is 1. The fraction of sp³-hybridized carbons (Fsp3) is 0.500. The maximum Gasteiger partial charge on any atom is 0.128 e. The van der Waals surface area contributed by atoms with Gasteiger partial charge in [-0.3, -0.25) is 0 Å². The predicted molar refractivity (Wildman–Crippen MR) is 76.7 cm³/mol. The number of fused-ring (bicyclic) bond motifs is 1. The molecule has 0 amide bonds. The minimum atomic E-state index is 0.497. The molecule has 3 rings (SSSR count). The summed E-state index contributed by atoms with van der Waals surface area (Å²) >= 11 is 0. The van der Waals surface area contributed by atoms with Crippen molar-refractivity contribution >= 4 is 10.9 Å². The van der Waals surface area contributed by atoms with Crippen molar-refractivity contribution in [3.05, 3.63) is 30.5 Å². The van der Waals surface area contributed by atoms with Crippen LogP contribution in [-0.4, -0.2) is 24.4 Å². The van der Waals surface area contributed by atoms with Crippen molar-refractivity contribution in [2.24, 2.45) is 0 Å². The van der Waals surface area contributed by atoms with Gasteiger partial charge in [-0.25, -0.2) is 0 Å². The van der Waals surface area contributed by atoms with Crippen molar-refractivity contribution in [3.63, 3.8) is 0 Å². The van der Waals surface area contributed by atoms with Gasteiger partial charge in [0.15, 0.2) is 0 Å². The second kappa shape index (κ2) is 5.66. The molecule has 0 radical (unpaired) electrons. The third-order valence-corrected chi connectivity index (χ3v) is 3.94. The lowest BCUT2D eigenvalue weighted by Gasteiger charge is -2.10. The molecule has 19 heavy (non-hydrogen) atoms. The van der Waals surface area contributed by atoms with Gasteiger partial charge in [-0.05, 0) is 43.9 Å². The van der Waals surface area contributed by atoms with Gasteiger partial charge < -0.3 is 14.0 Å². The van der Waals surface area contributed by atoms with E-state index < -0.39 is 0 Å². The normalized spacial score (nSPS) is 19.1. The first-order chi connectivity index (χ1) is 9.38. The van der Waals surface area contributed by atoms with Crippen LogP contribution in [0, 0.1) is 0 Å². The predicted octanol–water partition coefficient (Wildman–Crippen LogP) is 3.61. The lowest BCUT2D eigenvalue weighted by Crippen LogP contribution is -2.06. The Kier molecular flexibility index (Phi) is 3.74. The fourth-order valence-corrected chi connectivity index (χ4v) is 2.93. The number of aryl methyl sites for hydroxylation is 1. The van der Waals surface area contributed by atoms with Crippen LogP contribution in [0.3, 0.4) is 0 Å². The second-order valence-electron chi connectivity index (χ2n) is 5.18. The molecule has 1 aliphatic heterocycles. The highest BCUT2D eigenvalue weighted by atomic mass is 16.5. The first kappa shape index (κ1) is 12.5. The number of rotatable bonds is 5. The molecule has 1 atom stereocenters. The molecule has 0 aliphatic carbocycles. The zero-order valence-electron chi connectivity index (χ0n) is 11.5. The van der Waals surface area contributed by atoms with E-state index in [4.69, 9.17) is 9.47 Å². The van der Waals surface area contributed by atoms with Gasteiger partial charge in [0.05, 0.1) is 18.7 Å². The molecule has 1 fully saturated rings. The van der Waals surface area contributed by atoms with E-state index in [1.165, 1.54) is 36.6 Å². The van der Waals surface area contributed by atoms with E-state index in [0.717, 1.165) is 18.9 Å². The van der Waals surface area contributed by atoms with Crippen molar-refractivity contribution in [1.29, 1.82) is 0 Å². The summed E-state index contributed by atoms with van der Waals surface area (Å²) in [5.74, 6) is 0.954. The topological polar surface area (TPSA) is 23.4 Å². The lowest BCUT2D eigenvalue weighted by atomic mass is 10.1. The molecule has 1 unspecified atom stereocenters. The van der Waals surface area contributed by atoms with Gasteiger partial charge in [-0.2, -0.15) is 0 Å². The third kappa shape index (κ3) is 2.61. The number of hydrogen-bond donors (Lipinski definition) is 0. The van der Waals surface area contributed by atoms with Crippen molar-refractivity contribution in [1.82, 2.24) is 4.57 Å². The Labute approximate surface area is 114 Å². The van der Waals surface area contributed by atoms with E-state index in [1.807, 2.05) is 6.07 Å². The molecule has 2 heterocycles. The average Bonchev–Trinajstić information content (AvgIpc) is 3.08. The zero-order chi connectivity index (χ0) is 13.1. The number of nitrogens with zero attached hydrogens (tertiary/aromatic N) is 1. The Morgan fingerprint density at radius 1 is 1.37 bits per heavy atom. The summed E-state index contributed by atoms with van der Waals surface area (Å²) in [7, 11) is 1.73. The van der Waals surface area contributed by atoms with Gasteiger partial charge in [0.1, 0.15) is 5.75 Å². The number of ether oxygens (including phenoxy) is 2.